The van der Waals surface area contributed by atoms with Gasteiger partial charge in [-0.15, -0.1) is 0 Å². The van der Waals surface area contributed by atoms with E-state index in [4.69, 9.17) is 4.52 Å². The lowest BCUT2D eigenvalue weighted by atomic mass is 10.1. The summed E-state index contributed by atoms with van der Waals surface area (Å²) in [7, 11) is -4.15. The molecule has 0 aliphatic heterocycles. The van der Waals surface area contributed by atoms with E-state index in [-0.39, 0.29) is 10.6 Å². The van der Waals surface area contributed by atoms with Gasteiger partial charge in [-0.3, -0.25) is 4.79 Å². The Kier molecular flexibility index (Phi) is 3.71. The first-order valence-electron chi connectivity index (χ1n) is 7.83. The average molecular weight is 364 g/mol. The number of hydrogen-bond acceptors (Lipinski definition) is 6. The van der Waals surface area contributed by atoms with Crippen molar-refractivity contribution >= 4 is 15.6 Å². The summed E-state index contributed by atoms with van der Waals surface area (Å²) in [5.41, 5.74) is 2.23. The molecule has 4 rings (SSSR count). The van der Waals surface area contributed by atoms with E-state index in [0.29, 0.717) is 17.7 Å². The average Bonchev–Trinajstić information content (AvgIpc) is 3.22. The monoisotopic (exact) mass is 364 g/mol. The maximum absolute atomic E-state index is 12.8. The van der Waals surface area contributed by atoms with E-state index in [1.165, 1.54) is 24.3 Å². The number of nitrogens with zero attached hydrogens (tertiary/aromatic N) is 2. The summed E-state index contributed by atoms with van der Waals surface area (Å²) in [6.07, 6.45) is 0.416. The third-order valence-corrected chi connectivity index (χ3v) is 6.26. The predicted octanol–water partition coefficient (Wildman–Crippen LogP) is 2.79. The van der Waals surface area contributed by atoms with Crippen LogP contribution in [0.25, 0.3) is 11.3 Å². The third-order valence-electron chi connectivity index (χ3n) is 4.39. The minimum atomic E-state index is -4.15. The number of nitriles is 1. The molecule has 3 aromatic rings. The molecule has 1 atom stereocenters. The van der Waals surface area contributed by atoms with Crippen LogP contribution in [0.4, 0.5) is 0 Å². The summed E-state index contributed by atoms with van der Waals surface area (Å²) in [6.45, 7) is 0. The van der Waals surface area contributed by atoms with Gasteiger partial charge in [-0.05, 0) is 17.7 Å². The molecule has 0 fully saturated rings. The second-order valence-electron chi connectivity index (χ2n) is 5.90. The van der Waals surface area contributed by atoms with Gasteiger partial charge < -0.3 is 4.52 Å². The molecular formula is C19H12N2O4S. The highest BCUT2D eigenvalue weighted by Crippen LogP contribution is 2.38. The van der Waals surface area contributed by atoms with Crippen molar-refractivity contribution in [1.82, 2.24) is 5.16 Å². The Balaban J connectivity index is 1.75. The Labute approximate surface area is 149 Å². The van der Waals surface area contributed by atoms with Crippen LogP contribution < -0.4 is 0 Å². The summed E-state index contributed by atoms with van der Waals surface area (Å²) in [6, 6.07) is 16.5. The van der Waals surface area contributed by atoms with Crippen molar-refractivity contribution in [1.29, 1.82) is 5.26 Å². The van der Waals surface area contributed by atoms with E-state index in [9.17, 15) is 18.5 Å². The van der Waals surface area contributed by atoms with Gasteiger partial charge in [0.05, 0.1) is 11.0 Å². The van der Waals surface area contributed by atoms with Gasteiger partial charge in [0, 0.05) is 17.5 Å². The molecule has 26 heavy (non-hydrogen) atoms. The molecule has 0 radical (unpaired) electrons. The molecule has 1 heterocycles. The van der Waals surface area contributed by atoms with Gasteiger partial charge in [-0.1, -0.05) is 47.6 Å². The Morgan fingerprint density at radius 2 is 1.81 bits per heavy atom. The number of rotatable bonds is 4. The van der Waals surface area contributed by atoms with E-state index in [1.807, 2.05) is 24.3 Å². The number of benzene rings is 2. The van der Waals surface area contributed by atoms with Crippen LogP contribution in [0.1, 0.15) is 21.6 Å². The molecular weight excluding hydrogens is 352 g/mol. The number of fused-ring (bicyclic) bond motifs is 3. The van der Waals surface area contributed by atoms with Crippen molar-refractivity contribution < 1.29 is 17.7 Å². The third kappa shape index (κ3) is 2.35. The highest BCUT2D eigenvalue weighted by Gasteiger charge is 2.39. The fraction of sp³-hybridized carbons (Fsp3) is 0.105. The molecule has 7 heteroatoms. The van der Waals surface area contributed by atoms with Crippen LogP contribution >= 0.6 is 0 Å². The topological polar surface area (TPSA) is 101 Å². The van der Waals surface area contributed by atoms with Gasteiger partial charge in [-0.25, -0.2) is 8.42 Å². The molecule has 0 N–H and O–H groups in total. The van der Waals surface area contributed by atoms with Crippen molar-refractivity contribution in [2.45, 2.75) is 16.6 Å². The highest BCUT2D eigenvalue weighted by molar-refractivity contribution is 7.93. The van der Waals surface area contributed by atoms with Gasteiger partial charge in [0.1, 0.15) is 0 Å². The van der Waals surface area contributed by atoms with Gasteiger partial charge in [0.15, 0.2) is 11.5 Å². The Hall–Kier alpha value is -3.24. The van der Waals surface area contributed by atoms with Crippen molar-refractivity contribution in [3.05, 3.63) is 71.4 Å². The van der Waals surface area contributed by atoms with Crippen LogP contribution in [0.2, 0.25) is 0 Å². The van der Waals surface area contributed by atoms with Crippen LogP contribution in [0.3, 0.4) is 0 Å². The van der Waals surface area contributed by atoms with E-state index >= 15 is 0 Å². The van der Waals surface area contributed by atoms with Crippen LogP contribution in [-0.2, 0) is 16.3 Å². The van der Waals surface area contributed by atoms with E-state index in [0.717, 1.165) is 11.1 Å². The Morgan fingerprint density at radius 1 is 1.12 bits per heavy atom. The van der Waals surface area contributed by atoms with Crippen LogP contribution in [0.15, 0.2) is 64.0 Å². The molecule has 1 unspecified atom stereocenters. The summed E-state index contributed by atoms with van der Waals surface area (Å²) in [5.74, 6) is -0.410. The zero-order valence-electron chi connectivity index (χ0n) is 13.4. The first-order chi connectivity index (χ1) is 12.5. The highest BCUT2D eigenvalue weighted by atomic mass is 32.2. The number of sulfone groups is 1. The van der Waals surface area contributed by atoms with Gasteiger partial charge in [0.25, 0.3) is 0 Å². The fourth-order valence-corrected chi connectivity index (χ4v) is 4.45. The van der Waals surface area contributed by atoms with Crippen molar-refractivity contribution in [2.24, 2.45) is 0 Å². The van der Waals surface area contributed by atoms with Gasteiger partial charge >= 0.3 is 0 Å². The number of carbonyl (C=O) groups excluding carboxylic acids is 1. The lowest BCUT2D eigenvalue weighted by Crippen LogP contribution is -2.30. The van der Waals surface area contributed by atoms with Crippen LogP contribution in [0, 0.1) is 11.3 Å². The molecule has 0 bridgehead atoms. The summed E-state index contributed by atoms with van der Waals surface area (Å²) >= 11 is 0. The minimum absolute atomic E-state index is 0.0803. The minimum Gasteiger partial charge on any atom is -0.355 e. The predicted molar refractivity (Wildman–Crippen MR) is 92.1 cm³/mol. The van der Waals surface area contributed by atoms with Crippen LogP contribution in [-0.4, -0.2) is 24.6 Å². The maximum atomic E-state index is 12.8. The molecule has 0 amide bonds. The van der Waals surface area contributed by atoms with E-state index in [2.05, 4.69) is 5.16 Å². The van der Waals surface area contributed by atoms with Crippen molar-refractivity contribution in [2.75, 3.05) is 0 Å². The van der Waals surface area contributed by atoms with E-state index in [1.54, 1.807) is 12.1 Å². The molecule has 2 aromatic carbocycles. The Morgan fingerprint density at radius 3 is 2.54 bits per heavy atom. The van der Waals surface area contributed by atoms with Crippen molar-refractivity contribution in [3.63, 3.8) is 0 Å². The number of carbonyl (C=O) groups is 1. The second kappa shape index (κ2) is 5.93. The maximum Gasteiger partial charge on any atom is 0.217 e. The summed E-state index contributed by atoms with van der Waals surface area (Å²) in [4.78, 5) is 12.8. The molecule has 1 aromatic heterocycles. The second-order valence-corrected chi connectivity index (χ2v) is 7.94. The first-order valence-corrected chi connectivity index (χ1v) is 9.38. The number of aromatic nitrogens is 1. The fourth-order valence-electron chi connectivity index (χ4n) is 3.10. The number of ketones is 1. The molecule has 128 valence electrons. The standard InChI is InChI=1S/C19H12N2O4S/c20-11-16(26(23,24)13-7-2-1-3-8-13)18(22)17-15-10-12-6-4-5-9-14(12)19(15)25-21-17/h1-9,16H,10H2. The molecule has 0 spiro atoms. The molecule has 0 saturated heterocycles. The van der Waals surface area contributed by atoms with Gasteiger partial charge in [0.2, 0.25) is 20.9 Å². The van der Waals surface area contributed by atoms with E-state index < -0.39 is 20.9 Å². The first kappa shape index (κ1) is 16.2. The molecule has 1 aliphatic carbocycles. The number of Topliss-reactive ketones (excluding diaryl/α,β-unsaturated/α-hetero) is 1. The summed E-state index contributed by atoms with van der Waals surface area (Å²) in [5, 5.41) is 11.3. The molecule has 1 aliphatic rings. The largest absolute Gasteiger partial charge is 0.355 e. The summed E-state index contributed by atoms with van der Waals surface area (Å²) < 4.78 is 30.7. The lowest BCUT2D eigenvalue weighted by molar-refractivity contribution is 0.0991. The SMILES string of the molecule is N#CC(C(=O)c1noc2c1Cc1ccccc1-2)S(=O)(=O)c1ccccc1. The van der Waals surface area contributed by atoms with Crippen molar-refractivity contribution in [3.8, 4) is 17.4 Å². The number of hydrogen-bond donors (Lipinski definition) is 0. The molecule has 0 saturated carbocycles. The Bertz CT molecular complexity index is 1160. The zero-order chi connectivity index (χ0) is 18.3. The zero-order valence-corrected chi connectivity index (χ0v) is 14.2. The van der Waals surface area contributed by atoms with Crippen LogP contribution in [0.5, 0.6) is 0 Å². The lowest BCUT2D eigenvalue weighted by Gasteiger charge is -2.09. The smallest absolute Gasteiger partial charge is 0.217 e. The normalized spacial score (nSPS) is 13.5. The quantitative estimate of drug-likeness (QED) is 0.516. The van der Waals surface area contributed by atoms with Gasteiger partial charge in [-0.2, -0.15) is 5.26 Å². The molecule has 6 nitrogen and oxygen atoms in total.